The Labute approximate surface area is 163 Å². The smallest absolute Gasteiger partial charge is 0.411 e. The predicted molar refractivity (Wildman–Crippen MR) is 104 cm³/mol. The van der Waals surface area contributed by atoms with E-state index in [4.69, 9.17) is 4.74 Å². The van der Waals surface area contributed by atoms with Gasteiger partial charge in [0.1, 0.15) is 5.75 Å². The molecule has 0 fully saturated rings. The van der Waals surface area contributed by atoms with Gasteiger partial charge < -0.3 is 20.1 Å². The molecule has 0 aliphatic rings. The Morgan fingerprint density at radius 2 is 1.68 bits per heavy atom. The Hall–Kier alpha value is -3.55. The summed E-state index contributed by atoms with van der Waals surface area (Å²) in [5.74, 6) is -0.222. The summed E-state index contributed by atoms with van der Waals surface area (Å²) in [6, 6.07) is 13.8. The molecule has 0 radical (unpaired) electrons. The molecule has 8 heteroatoms. The molecule has 0 unspecified atom stereocenters. The second kappa shape index (κ2) is 10.6. The van der Waals surface area contributed by atoms with Crippen LogP contribution in [0.1, 0.15) is 22.8 Å². The van der Waals surface area contributed by atoms with Gasteiger partial charge in [0, 0.05) is 12.2 Å². The van der Waals surface area contributed by atoms with Crippen molar-refractivity contribution in [3.63, 3.8) is 0 Å². The lowest BCUT2D eigenvalue weighted by Crippen LogP contribution is -2.36. The minimum atomic E-state index is -0.553. The van der Waals surface area contributed by atoms with Crippen molar-refractivity contribution in [2.75, 3.05) is 25.6 Å². The summed E-state index contributed by atoms with van der Waals surface area (Å²) >= 11 is 0. The number of para-hydroxylation sites is 1. The molecule has 0 spiro atoms. The van der Waals surface area contributed by atoms with Crippen molar-refractivity contribution < 1.29 is 23.9 Å². The van der Waals surface area contributed by atoms with Crippen LogP contribution >= 0.6 is 0 Å². The summed E-state index contributed by atoms with van der Waals surface area (Å²) < 4.78 is 9.93. The number of amides is 3. The molecule has 0 aliphatic heterocycles. The van der Waals surface area contributed by atoms with Gasteiger partial charge in [0.15, 0.2) is 0 Å². The summed E-state index contributed by atoms with van der Waals surface area (Å²) in [5, 5.41) is 7.84. The van der Waals surface area contributed by atoms with E-state index >= 15 is 0 Å². The summed E-state index contributed by atoms with van der Waals surface area (Å²) in [4.78, 5) is 35.4. The van der Waals surface area contributed by atoms with Crippen molar-refractivity contribution in [1.82, 2.24) is 10.6 Å². The molecule has 0 saturated heterocycles. The molecule has 3 N–H and O–H groups in total. The van der Waals surface area contributed by atoms with Crippen molar-refractivity contribution in [3.05, 3.63) is 59.7 Å². The molecule has 2 rings (SSSR count). The number of ether oxygens (including phenoxy) is 2. The van der Waals surface area contributed by atoms with Crippen LogP contribution in [0.3, 0.4) is 0 Å². The third-order valence-electron chi connectivity index (χ3n) is 3.72. The van der Waals surface area contributed by atoms with E-state index in [1.807, 2.05) is 6.92 Å². The lowest BCUT2D eigenvalue weighted by molar-refractivity contribution is -0.120. The molecule has 8 nitrogen and oxygen atoms in total. The molecule has 2 aromatic carbocycles. The SMILES string of the molecule is CCOc1ccccc1C(=O)NCC(=O)NCc1ccc(NC(=O)OC)cc1. The summed E-state index contributed by atoms with van der Waals surface area (Å²) in [6.07, 6.45) is -0.553. The molecule has 0 atom stereocenters. The summed E-state index contributed by atoms with van der Waals surface area (Å²) in [5.41, 5.74) is 1.81. The van der Waals surface area contributed by atoms with Gasteiger partial charge in [-0.25, -0.2) is 4.79 Å². The molecule has 0 bridgehead atoms. The maximum atomic E-state index is 12.3. The Morgan fingerprint density at radius 1 is 0.964 bits per heavy atom. The first kappa shape index (κ1) is 20.8. The van der Waals surface area contributed by atoms with E-state index in [0.29, 0.717) is 30.2 Å². The Morgan fingerprint density at radius 3 is 2.36 bits per heavy atom. The van der Waals surface area contributed by atoms with E-state index in [9.17, 15) is 14.4 Å². The predicted octanol–water partition coefficient (Wildman–Crippen LogP) is 2.31. The van der Waals surface area contributed by atoms with Gasteiger partial charge in [0.25, 0.3) is 5.91 Å². The van der Waals surface area contributed by atoms with Crippen molar-refractivity contribution in [2.45, 2.75) is 13.5 Å². The van der Waals surface area contributed by atoms with E-state index in [0.717, 1.165) is 5.56 Å². The topological polar surface area (TPSA) is 106 Å². The first-order valence-electron chi connectivity index (χ1n) is 8.74. The van der Waals surface area contributed by atoms with Gasteiger partial charge in [-0.1, -0.05) is 24.3 Å². The molecule has 0 aromatic heterocycles. The fourth-order valence-corrected chi connectivity index (χ4v) is 2.33. The maximum absolute atomic E-state index is 12.3. The maximum Gasteiger partial charge on any atom is 0.411 e. The van der Waals surface area contributed by atoms with Crippen LogP contribution in [-0.4, -0.2) is 38.2 Å². The molecule has 2 aromatic rings. The van der Waals surface area contributed by atoms with E-state index in [2.05, 4.69) is 20.7 Å². The third-order valence-corrected chi connectivity index (χ3v) is 3.72. The van der Waals surface area contributed by atoms with Crippen molar-refractivity contribution in [1.29, 1.82) is 0 Å². The summed E-state index contributed by atoms with van der Waals surface area (Å²) in [7, 11) is 1.29. The molecule has 148 valence electrons. The quantitative estimate of drug-likeness (QED) is 0.647. The summed E-state index contributed by atoms with van der Waals surface area (Å²) in [6.45, 7) is 2.42. The lowest BCUT2D eigenvalue weighted by Gasteiger charge is -2.11. The normalized spacial score (nSPS) is 9.93. The fraction of sp³-hybridized carbons (Fsp3) is 0.250. The van der Waals surface area contributed by atoms with Crippen LogP contribution in [0, 0.1) is 0 Å². The van der Waals surface area contributed by atoms with Gasteiger partial charge in [-0.2, -0.15) is 0 Å². The second-order valence-corrected chi connectivity index (χ2v) is 5.70. The highest BCUT2D eigenvalue weighted by Gasteiger charge is 2.13. The molecular formula is C20H23N3O5. The van der Waals surface area contributed by atoms with Gasteiger partial charge in [-0.15, -0.1) is 0 Å². The zero-order chi connectivity index (χ0) is 20.4. The van der Waals surface area contributed by atoms with Gasteiger partial charge in [0.2, 0.25) is 5.91 Å². The van der Waals surface area contributed by atoms with Crippen molar-refractivity contribution in [2.24, 2.45) is 0 Å². The fourth-order valence-electron chi connectivity index (χ4n) is 2.33. The number of rotatable bonds is 8. The van der Waals surface area contributed by atoms with Gasteiger partial charge in [-0.05, 0) is 36.8 Å². The van der Waals surface area contributed by atoms with Crippen molar-refractivity contribution in [3.8, 4) is 5.75 Å². The van der Waals surface area contributed by atoms with Crippen LogP contribution in [-0.2, 0) is 16.1 Å². The van der Waals surface area contributed by atoms with Crippen LogP contribution in [0.15, 0.2) is 48.5 Å². The first-order chi connectivity index (χ1) is 13.5. The lowest BCUT2D eigenvalue weighted by atomic mass is 10.2. The molecule has 3 amide bonds. The van der Waals surface area contributed by atoms with Gasteiger partial charge in [0.05, 0.1) is 25.8 Å². The molecule has 0 aliphatic carbocycles. The van der Waals surface area contributed by atoms with Gasteiger partial charge >= 0.3 is 6.09 Å². The standard InChI is InChI=1S/C20H23N3O5/c1-3-28-17-7-5-4-6-16(17)19(25)22-13-18(24)21-12-14-8-10-15(11-9-14)23-20(26)27-2/h4-11H,3,12-13H2,1-2H3,(H,21,24)(H,22,25)(H,23,26). The highest BCUT2D eigenvalue weighted by atomic mass is 16.5. The number of anilines is 1. The van der Waals surface area contributed by atoms with Crippen LogP contribution in [0.4, 0.5) is 10.5 Å². The average molecular weight is 385 g/mol. The highest BCUT2D eigenvalue weighted by Crippen LogP contribution is 2.17. The van der Waals surface area contributed by atoms with Crippen LogP contribution in [0.2, 0.25) is 0 Å². The van der Waals surface area contributed by atoms with Crippen LogP contribution in [0.5, 0.6) is 5.75 Å². The largest absolute Gasteiger partial charge is 0.493 e. The number of carbonyl (C=O) groups is 3. The van der Waals surface area contributed by atoms with Gasteiger partial charge in [-0.3, -0.25) is 14.9 Å². The van der Waals surface area contributed by atoms with E-state index in [1.54, 1.807) is 48.5 Å². The number of benzene rings is 2. The van der Waals surface area contributed by atoms with Crippen LogP contribution in [0.25, 0.3) is 0 Å². The van der Waals surface area contributed by atoms with E-state index in [1.165, 1.54) is 7.11 Å². The highest BCUT2D eigenvalue weighted by molar-refractivity contribution is 5.98. The minimum Gasteiger partial charge on any atom is -0.493 e. The third kappa shape index (κ3) is 6.31. The average Bonchev–Trinajstić information content (AvgIpc) is 2.72. The Bertz CT molecular complexity index is 821. The number of methoxy groups -OCH3 is 1. The molecule has 0 heterocycles. The zero-order valence-corrected chi connectivity index (χ0v) is 15.8. The molecule has 0 saturated carbocycles. The number of nitrogens with one attached hydrogen (secondary N) is 3. The Kier molecular flexibility index (Phi) is 7.83. The van der Waals surface area contributed by atoms with E-state index in [-0.39, 0.29) is 18.4 Å². The molecule has 28 heavy (non-hydrogen) atoms. The first-order valence-corrected chi connectivity index (χ1v) is 8.74. The number of hydrogen-bond acceptors (Lipinski definition) is 5. The Balaban J connectivity index is 1.80. The molecular weight excluding hydrogens is 362 g/mol. The van der Waals surface area contributed by atoms with Crippen molar-refractivity contribution >= 4 is 23.6 Å². The number of carbonyl (C=O) groups excluding carboxylic acids is 3. The zero-order valence-electron chi connectivity index (χ0n) is 15.8. The second-order valence-electron chi connectivity index (χ2n) is 5.70. The van der Waals surface area contributed by atoms with Crippen LogP contribution < -0.4 is 20.7 Å². The monoisotopic (exact) mass is 385 g/mol. The number of hydrogen-bond donors (Lipinski definition) is 3. The minimum absolute atomic E-state index is 0.152. The van der Waals surface area contributed by atoms with E-state index < -0.39 is 6.09 Å².